The fourth-order valence-corrected chi connectivity index (χ4v) is 3.28. The number of halogens is 1. The Hall–Kier alpha value is -2.47. The normalized spacial score (nSPS) is 10.9. The zero-order chi connectivity index (χ0) is 19.2. The second kappa shape index (κ2) is 8.95. The second-order valence-corrected chi connectivity index (χ2v) is 7.43. The van der Waals surface area contributed by atoms with Crippen molar-refractivity contribution in [3.63, 3.8) is 0 Å². The van der Waals surface area contributed by atoms with Gasteiger partial charge in [0.25, 0.3) is 5.69 Å². The molecule has 1 heterocycles. The smallest absolute Gasteiger partial charge is 0.269 e. The highest BCUT2D eigenvalue weighted by molar-refractivity contribution is 9.10. The molecule has 0 aliphatic carbocycles. The van der Waals surface area contributed by atoms with Crippen LogP contribution in [0.3, 0.4) is 0 Å². The minimum atomic E-state index is -0.381. The van der Waals surface area contributed by atoms with E-state index in [0.29, 0.717) is 0 Å². The summed E-state index contributed by atoms with van der Waals surface area (Å²) < 4.78 is 3.19. The van der Waals surface area contributed by atoms with Crippen LogP contribution >= 0.6 is 15.9 Å². The first-order valence-electron chi connectivity index (χ1n) is 9.16. The van der Waals surface area contributed by atoms with Crippen LogP contribution in [0.2, 0.25) is 0 Å². The number of benzene rings is 2. The highest BCUT2D eigenvalue weighted by Gasteiger charge is 2.13. The van der Waals surface area contributed by atoms with E-state index < -0.39 is 0 Å². The Morgan fingerprint density at radius 3 is 2.30 bits per heavy atom. The summed E-state index contributed by atoms with van der Waals surface area (Å²) in [6, 6.07) is 14.7. The minimum Gasteiger partial charge on any atom is -0.330 e. The maximum atomic E-state index is 10.9. The lowest BCUT2D eigenvalue weighted by Crippen LogP contribution is -1.99. The van der Waals surface area contributed by atoms with Gasteiger partial charge in [0.15, 0.2) is 0 Å². The van der Waals surface area contributed by atoms with Crippen molar-refractivity contribution in [2.75, 3.05) is 0 Å². The molecule has 1 aromatic heterocycles. The second-order valence-electron chi connectivity index (χ2n) is 6.51. The molecule has 5 nitrogen and oxygen atoms in total. The van der Waals surface area contributed by atoms with Gasteiger partial charge >= 0.3 is 0 Å². The Morgan fingerprint density at radius 2 is 1.67 bits per heavy atom. The number of nitro groups is 1. The molecule has 0 saturated carbocycles. The van der Waals surface area contributed by atoms with E-state index in [4.69, 9.17) is 4.98 Å². The third-order valence-corrected chi connectivity index (χ3v) is 5.03. The lowest BCUT2D eigenvalue weighted by Gasteiger charge is -2.07. The monoisotopic (exact) mass is 427 g/mol. The Kier molecular flexibility index (Phi) is 6.40. The molecule has 3 aromatic rings. The van der Waals surface area contributed by atoms with Crippen LogP contribution in [0, 0.1) is 10.1 Å². The van der Waals surface area contributed by atoms with Gasteiger partial charge in [0.1, 0.15) is 5.82 Å². The van der Waals surface area contributed by atoms with Gasteiger partial charge in [-0.2, -0.15) is 0 Å². The fourth-order valence-electron chi connectivity index (χ4n) is 3.02. The molecule has 3 rings (SSSR count). The number of nitrogens with zero attached hydrogens (tertiary/aromatic N) is 3. The van der Waals surface area contributed by atoms with Gasteiger partial charge in [0, 0.05) is 40.5 Å². The molecule has 2 aromatic carbocycles. The van der Waals surface area contributed by atoms with Gasteiger partial charge < -0.3 is 4.57 Å². The van der Waals surface area contributed by atoms with Crippen molar-refractivity contribution < 1.29 is 4.92 Å². The van der Waals surface area contributed by atoms with Gasteiger partial charge in [-0.3, -0.25) is 10.1 Å². The zero-order valence-corrected chi connectivity index (χ0v) is 16.9. The predicted octanol–water partition coefficient (Wildman–Crippen LogP) is 6.47. The van der Waals surface area contributed by atoms with Crippen LogP contribution in [0.5, 0.6) is 0 Å². The van der Waals surface area contributed by atoms with Crippen LogP contribution < -0.4 is 0 Å². The quantitative estimate of drug-likeness (QED) is 0.235. The Balaban J connectivity index is 1.93. The maximum absolute atomic E-state index is 10.9. The van der Waals surface area contributed by atoms with Crippen molar-refractivity contribution in [2.45, 2.75) is 39.2 Å². The summed E-state index contributed by atoms with van der Waals surface area (Å²) in [6.07, 6.45) is 6.77. The lowest BCUT2D eigenvalue weighted by atomic mass is 10.2. The van der Waals surface area contributed by atoms with Crippen LogP contribution in [0.4, 0.5) is 5.69 Å². The van der Waals surface area contributed by atoms with E-state index in [1.807, 2.05) is 24.3 Å². The summed E-state index contributed by atoms with van der Waals surface area (Å²) in [5.74, 6) is 0.847. The van der Waals surface area contributed by atoms with Crippen molar-refractivity contribution >= 4 is 21.6 Å². The molecule has 0 fully saturated rings. The van der Waals surface area contributed by atoms with E-state index >= 15 is 0 Å². The molecule has 0 spiro atoms. The standard InChI is InChI=1S/C21H22BrN3O2/c1-2-3-4-5-14-24-15-20(16-6-10-18(22)11-7-16)23-21(24)17-8-12-19(13-9-17)25(26)27/h6-13,15H,2-5,14H2,1H3. The molecule has 0 unspecified atom stereocenters. The highest BCUT2D eigenvalue weighted by atomic mass is 79.9. The summed E-state index contributed by atoms with van der Waals surface area (Å²) in [4.78, 5) is 15.4. The van der Waals surface area contributed by atoms with E-state index in [1.165, 1.54) is 31.4 Å². The first-order chi connectivity index (χ1) is 13.1. The third kappa shape index (κ3) is 4.83. The molecule has 0 amide bonds. The zero-order valence-electron chi connectivity index (χ0n) is 15.3. The first kappa shape index (κ1) is 19.3. The molecule has 140 valence electrons. The fraction of sp³-hybridized carbons (Fsp3) is 0.286. The van der Waals surface area contributed by atoms with E-state index in [0.717, 1.165) is 40.1 Å². The summed E-state index contributed by atoms with van der Waals surface area (Å²) in [7, 11) is 0. The molecule has 0 aliphatic rings. The van der Waals surface area contributed by atoms with Crippen LogP contribution in [0.1, 0.15) is 32.6 Å². The number of aryl methyl sites for hydroxylation is 1. The van der Waals surface area contributed by atoms with Gasteiger partial charge in [-0.05, 0) is 30.7 Å². The van der Waals surface area contributed by atoms with E-state index in [-0.39, 0.29) is 10.6 Å². The molecule has 6 heteroatoms. The van der Waals surface area contributed by atoms with Gasteiger partial charge in [0.2, 0.25) is 0 Å². The average molecular weight is 428 g/mol. The van der Waals surface area contributed by atoms with Crippen molar-refractivity contribution in [1.29, 1.82) is 0 Å². The minimum absolute atomic E-state index is 0.0907. The molecule has 0 saturated heterocycles. The molecule has 0 bridgehead atoms. The maximum Gasteiger partial charge on any atom is 0.269 e. The summed E-state index contributed by atoms with van der Waals surface area (Å²) in [5, 5.41) is 10.9. The van der Waals surface area contributed by atoms with Crippen molar-refractivity contribution in [2.24, 2.45) is 0 Å². The SMILES string of the molecule is CCCCCCn1cc(-c2ccc(Br)cc2)nc1-c1ccc([N+](=O)[O-])cc1. The third-order valence-electron chi connectivity index (χ3n) is 4.51. The van der Waals surface area contributed by atoms with E-state index in [1.54, 1.807) is 12.1 Å². The number of aromatic nitrogens is 2. The Morgan fingerprint density at radius 1 is 1.00 bits per heavy atom. The van der Waals surface area contributed by atoms with Gasteiger partial charge in [0.05, 0.1) is 10.6 Å². The molecular formula is C21H22BrN3O2. The molecular weight excluding hydrogens is 406 g/mol. The first-order valence-corrected chi connectivity index (χ1v) is 9.95. The molecule has 27 heavy (non-hydrogen) atoms. The average Bonchev–Trinajstić information content (AvgIpc) is 3.10. The Labute approximate surface area is 167 Å². The predicted molar refractivity (Wildman–Crippen MR) is 112 cm³/mol. The van der Waals surface area contributed by atoms with Gasteiger partial charge in [-0.25, -0.2) is 4.98 Å². The summed E-state index contributed by atoms with van der Waals surface area (Å²) in [5.41, 5.74) is 2.94. The number of non-ortho nitro benzene ring substituents is 1. The molecule has 0 radical (unpaired) electrons. The number of nitro benzene ring substituents is 1. The summed E-state index contributed by atoms with van der Waals surface area (Å²) >= 11 is 3.46. The number of hydrogen-bond donors (Lipinski definition) is 0. The highest BCUT2D eigenvalue weighted by Crippen LogP contribution is 2.27. The van der Waals surface area contributed by atoms with Crippen LogP contribution in [0.25, 0.3) is 22.6 Å². The van der Waals surface area contributed by atoms with Gasteiger partial charge in [-0.15, -0.1) is 0 Å². The summed E-state index contributed by atoms with van der Waals surface area (Å²) in [6.45, 7) is 3.08. The topological polar surface area (TPSA) is 61.0 Å². The van der Waals surface area contributed by atoms with Crippen LogP contribution in [-0.2, 0) is 6.54 Å². The molecule has 0 N–H and O–H groups in total. The van der Waals surface area contributed by atoms with E-state index in [2.05, 4.69) is 33.6 Å². The largest absolute Gasteiger partial charge is 0.330 e. The number of hydrogen-bond acceptors (Lipinski definition) is 3. The molecule has 0 atom stereocenters. The lowest BCUT2D eigenvalue weighted by molar-refractivity contribution is -0.384. The number of imidazole rings is 1. The Bertz CT molecular complexity index is 902. The van der Waals surface area contributed by atoms with E-state index in [9.17, 15) is 10.1 Å². The van der Waals surface area contributed by atoms with Crippen molar-refractivity contribution in [3.05, 3.63) is 69.3 Å². The van der Waals surface area contributed by atoms with Crippen LogP contribution in [0.15, 0.2) is 59.2 Å². The number of rotatable bonds is 8. The van der Waals surface area contributed by atoms with Gasteiger partial charge in [-0.1, -0.05) is 54.2 Å². The molecule has 0 aliphatic heterocycles. The number of unbranched alkanes of at least 4 members (excludes halogenated alkanes) is 3. The van der Waals surface area contributed by atoms with Crippen LogP contribution in [-0.4, -0.2) is 14.5 Å². The van der Waals surface area contributed by atoms with Crippen molar-refractivity contribution in [1.82, 2.24) is 9.55 Å². The van der Waals surface area contributed by atoms with Crippen molar-refractivity contribution in [3.8, 4) is 22.6 Å².